The Bertz CT molecular complexity index is 355. The SMILES string of the molecule is CCC(CC)(CC)C(OC)OC(=O)C(C)(CC(C)C)C(C)(C)C. The monoisotopic (exact) mass is 328 g/mol. The van der Waals surface area contributed by atoms with Crippen LogP contribution in [0.2, 0.25) is 0 Å². The van der Waals surface area contributed by atoms with Crippen LogP contribution >= 0.6 is 0 Å². The average molecular weight is 329 g/mol. The summed E-state index contributed by atoms with van der Waals surface area (Å²) in [7, 11) is 1.64. The molecule has 0 bridgehead atoms. The van der Waals surface area contributed by atoms with Crippen molar-refractivity contribution < 1.29 is 14.3 Å². The van der Waals surface area contributed by atoms with Crippen LogP contribution in [0, 0.1) is 22.2 Å². The minimum atomic E-state index is -0.529. The molecule has 0 aromatic carbocycles. The Labute approximate surface area is 144 Å². The fourth-order valence-electron chi connectivity index (χ4n) is 3.41. The molecule has 0 aromatic heterocycles. The van der Waals surface area contributed by atoms with Crippen LogP contribution in [0.25, 0.3) is 0 Å². The lowest BCUT2D eigenvalue weighted by Crippen LogP contribution is -2.47. The van der Waals surface area contributed by atoms with Gasteiger partial charge in [0.05, 0.1) is 5.41 Å². The maximum absolute atomic E-state index is 13.1. The highest BCUT2D eigenvalue weighted by molar-refractivity contribution is 5.77. The molecule has 0 N–H and O–H groups in total. The summed E-state index contributed by atoms with van der Waals surface area (Å²) in [5.74, 6) is 0.298. The van der Waals surface area contributed by atoms with Crippen LogP contribution in [-0.2, 0) is 14.3 Å². The minimum Gasteiger partial charge on any atom is -0.435 e. The van der Waals surface area contributed by atoms with Crippen molar-refractivity contribution in [3.63, 3.8) is 0 Å². The van der Waals surface area contributed by atoms with Gasteiger partial charge in [0, 0.05) is 12.5 Å². The lowest BCUT2D eigenvalue weighted by Gasteiger charge is -2.44. The van der Waals surface area contributed by atoms with Crippen LogP contribution in [-0.4, -0.2) is 19.4 Å². The molecule has 0 aliphatic carbocycles. The second kappa shape index (κ2) is 8.50. The van der Waals surface area contributed by atoms with Crippen LogP contribution in [0.5, 0.6) is 0 Å². The summed E-state index contributed by atoms with van der Waals surface area (Å²) < 4.78 is 11.6. The van der Waals surface area contributed by atoms with Crippen molar-refractivity contribution >= 4 is 5.97 Å². The molecule has 0 saturated carbocycles. The predicted octanol–water partition coefficient (Wildman–Crippen LogP) is 5.82. The van der Waals surface area contributed by atoms with E-state index in [4.69, 9.17) is 9.47 Å². The summed E-state index contributed by atoms with van der Waals surface area (Å²) in [6.45, 7) is 19.1. The van der Waals surface area contributed by atoms with Crippen molar-refractivity contribution in [1.82, 2.24) is 0 Å². The molecule has 0 aromatic rings. The second-order valence-electron chi connectivity index (χ2n) is 8.58. The van der Waals surface area contributed by atoms with E-state index < -0.39 is 11.7 Å². The van der Waals surface area contributed by atoms with E-state index >= 15 is 0 Å². The van der Waals surface area contributed by atoms with E-state index in [9.17, 15) is 4.79 Å². The molecule has 3 nitrogen and oxygen atoms in total. The van der Waals surface area contributed by atoms with Gasteiger partial charge in [0.15, 0.2) is 0 Å². The molecule has 23 heavy (non-hydrogen) atoms. The first-order chi connectivity index (χ1) is 10.4. The summed E-state index contributed by atoms with van der Waals surface area (Å²) in [6, 6.07) is 0. The number of hydrogen-bond donors (Lipinski definition) is 0. The first-order valence-electron chi connectivity index (χ1n) is 9.18. The van der Waals surface area contributed by atoms with Crippen LogP contribution < -0.4 is 0 Å². The summed E-state index contributed by atoms with van der Waals surface area (Å²) in [5.41, 5.74) is -0.806. The summed E-state index contributed by atoms with van der Waals surface area (Å²) >= 11 is 0. The van der Waals surface area contributed by atoms with E-state index in [1.807, 2.05) is 6.92 Å². The molecule has 3 heteroatoms. The van der Waals surface area contributed by atoms with Crippen molar-refractivity contribution in [1.29, 1.82) is 0 Å². The zero-order chi connectivity index (χ0) is 18.5. The maximum Gasteiger partial charge on any atom is 0.314 e. The molecule has 0 aliphatic rings. The molecule has 2 unspecified atom stereocenters. The van der Waals surface area contributed by atoms with Crippen LogP contribution in [0.3, 0.4) is 0 Å². The van der Waals surface area contributed by atoms with Crippen molar-refractivity contribution in [2.24, 2.45) is 22.2 Å². The van der Waals surface area contributed by atoms with Crippen molar-refractivity contribution in [3.8, 4) is 0 Å². The Morgan fingerprint density at radius 3 is 1.65 bits per heavy atom. The lowest BCUT2D eigenvalue weighted by molar-refractivity contribution is -0.220. The number of rotatable bonds is 9. The summed E-state index contributed by atoms with van der Waals surface area (Å²) in [6.07, 6.45) is 3.12. The summed E-state index contributed by atoms with van der Waals surface area (Å²) in [4.78, 5) is 13.1. The van der Waals surface area contributed by atoms with Gasteiger partial charge in [-0.05, 0) is 43.9 Å². The van der Waals surface area contributed by atoms with Gasteiger partial charge in [-0.15, -0.1) is 0 Å². The molecule has 0 fully saturated rings. The van der Waals surface area contributed by atoms with Gasteiger partial charge < -0.3 is 9.47 Å². The Hall–Kier alpha value is -0.570. The third kappa shape index (κ3) is 4.95. The Morgan fingerprint density at radius 2 is 1.39 bits per heavy atom. The molecular weight excluding hydrogens is 288 g/mol. The van der Waals surface area contributed by atoms with Crippen molar-refractivity contribution in [3.05, 3.63) is 0 Å². The van der Waals surface area contributed by atoms with Crippen LogP contribution in [0.4, 0.5) is 0 Å². The zero-order valence-corrected chi connectivity index (χ0v) is 17.2. The molecule has 0 aliphatic heterocycles. The van der Waals surface area contributed by atoms with Crippen LogP contribution in [0.15, 0.2) is 0 Å². The molecule has 0 amide bonds. The number of esters is 1. The highest BCUT2D eigenvalue weighted by Gasteiger charge is 2.48. The highest BCUT2D eigenvalue weighted by atomic mass is 16.7. The number of carbonyl (C=O) groups is 1. The molecule has 0 saturated heterocycles. The Kier molecular flexibility index (Phi) is 8.29. The molecule has 2 atom stereocenters. The van der Waals surface area contributed by atoms with E-state index in [2.05, 4.69) is 55.4 Å². The topological polar surface area (TPSA) is 35.5 Å². The summed E-state index contributed by atoms with van der Waals surface area (Å²) in [5, 5.41) is 0. The molecule has 0 heterocycles. The maximum atomic E-state index is 13.1. The van der Waals surface area contributed by atoms with Gasteiger partial charge in [0.2, 0.25) is 6.29 Å². The van der Waals surface area contributed by atoms with E-state index in [0.717, 1.165) is 25.7 Å². The minimum absolute atomic E-state index is 0.110. The van der Waals surface area contributed by atoms with Gasteiger partial charge in [-0.3, -0.25) is 4.79 Å². The zero-order valence-electron chi connectivity index (χ0n) is 17.2. The van der Waals surface area contributed by atoms with Gasteiger partial charge in [0.25, 0.3) is 0 Å². The fourth-order valence-corrected chi connectivity index (χ4v) is 3.41. The molecule has 138 valence electrons. The molecule has 0 spiro atoms. The first-order valence-corrected chi connectivity index (χ1v) is 9.18. The third-order valence-corrected chi connectivity index (χ3v) is 5.96. The molecular formula is C20H40O3. The number of ether oxygens (including phenoxy) is 2. The standard InChI is InChI=1S/C20H40O3/c1-11-20(12-2,13-3)17(22-10)23-16(21)19(9,14-15(4)5)18(6,7)8/h15,17H,11-14H2,1-10H3. The smallest absolute Gasteiger partial charge is 0.314 e. The van der Waals surface area contributed by atoms with Gasteiger partial charge in [-0.2, -0.15) is 0 Å². The number of methoxy groups -OCH3 is 1. The molecule has 0 rings (SSSR count). The van der Waals surface area contributed by atoms with Gasteiger partial charge >= 0.3 is 5.97 Å². The normalized spacial score (nSPS) is 17.0. The van der Waals surface area contributed by atoms with E-state index in [1.54, 1.807) is 7.11 Å². The quantitative estimate of drug-likeness (QED) is 0.395. The van der Waals surface area contributed by atoms with Crippen molar-refractivity contribution in [2.75, 3.05) is 7.11 Å². The van der Waals surface area contributed by atoms with Crippen molar-refractivity contribution in [2.45, 2.75) is 94.3 Å². The predicted molar refractivity (Wildman–Crippen MR) is 97.2 cm³/mol. The third-order valence-electron chi connectivity index (χ3n) is 5.96. The Balaban J connectivity index is 5.54. The van der Waals surface area contributed by atoms with Gasteiger partial charge in [0.1, 0.15) is 0 Å². The second-order valence-corrected chi connectivity index (χ2v) is 8.58. The van der Waals surface area contributed by atoms with E-state index in [-0.39, 0.29) is 16.8 Å². The highest BCUT2D eigenvalue weighted by Crippen LogP contribution is 2.46. The van der Waals surface area contributed by atoms with E-state index in [0.29, 0.717) is 5.92 Å². The van der Waals surface area contributed by atoms with E-state index in [1.165, 1.54) is 0 Å². The van der Waals surface area contributed by atoms with Gasteiger partial charge in [-0.25, -0.2) is 0 Å². The number of carbonyl (C=O) groups excluding carboxylic acids is 1. The average Bonchev–Trinajstić information content (AvgIpc) is 2.45. The largest absolute Gasteiger partial charge is 0.435 e. The first kappa shape index (κ1) is 22.4. The Morgan fingerprint density at radius 1 is 0.957 bits per heavy atom. The van der Waals surface area contributed by atoms with Gasteiger partial charge in [-0.1, -0.05) is 55.4 Å². The number of hydrogen-bond acceptors (Lipinski definition) is 3. The fraction of sp³-hybridized carbons (Fsp3) is 0.950. The molecule has 0 radical (unpaired) electrons. The van der Waals surface area contributed by atoms with Crippen LogP contribution in [0.1, 0.15) is 88.0 Å². The lowest BCUT2D eigenvalue weighted by atomic mass is 9.64.